The molecule has 1 fully saturated rings. The minimum atomic E-state index is -2.05. The van der Waals surface area contributed by atoms with Crippen molar-refractivity contribution in [2.75, 3.05) is 18.9 Å². The number of amides is 1. The third kappa shape index (κ3) is 7.48. The van der Waals surface area contributed by atoms with Gasteiger partial charge in [0.05, 0.1) is 18.8 Å². The van der Waals surface area contributed by atoms with Crippen molar-refractivity contribution in [3.8, 4) is 0 Å². The van der Waals surface area contributed by atoms with Gasteiger partial charge in [-0.05, 0) is 35.9 Å². The summed E-state index contributed by atoms with van der Waals surface area (Å²) in [6.07, 6.45) is -0.962. The minimum absolute atomic E-state index is 0.0127. The van der Waals surface area contributed by atoms with Crippen molar-refractivity contribution >= 4 is 46.4 Å². The number of hydrogen-bond donors (Lipinski definition) is 2. The molecule has 0 aliphatic carbocycles. The van der Waals surface area contributed by atoms with Crippen molar-refractivity contribution in [1.82, 2.24) is 4.90 Å². The fourth-order valence-corrected chi connectivity index (χ4v) is 4.66. The van der Waals surface area contributed by atoms with Gasteiger partial charge < -0.3 is 19.9 Å². The third-order valence-electron chi connectivity index (χ3n) is 6.61. The number of alkyl halides is 3. The van der Waals surface area contributed by atoms with Gasteiger partial charge in [-0.1, -0.05) is 108 Å². The van der Waals surface area contributed by atoms with Crippen molar-refractivity contribution in [3.05, 3.63) is 101 Å². The van der Waals surface area contributed by atoms with E-state index in [0.717, 1.165) is 23.2 Å². The second-order valence-electron chi connectivity index (χ2n) is 9.58. The number of hydrogen-bond acceptors (Lipinski definition) is 5. The summed E-state index contributed by atoms with van der Waals surface area (Å²) in [5, 5.41) is 12.0. The van der Waals surface area contributed by atoms with E-state index in [-0.39, 0.29) is 24.7 Å². The first kappa shape index (κ1) is 28.8. The number of aliphatic hydroxyl groups excluding tert-OH is 1. The maximum atomic E-state index is 12.0. The number of nitrogens with zero attached hydrogens (tertiary/aromatic N) is 1. The molecule has 1 aliphatic rings. The molecule has 202 valence electrons. The lowest BCUT2D eigenvalue weighted by Crippen LogP contribution is -2.43. The first-order valence-corrected chi connectivity index (χ1v) is 13.5. The number of nitrogens with one attached hydrogen (secondary N) is 1. The molecule has 38 heavy (non-hydrogen) atoms. The van der Waals surface area contributed by atoms with Crippen LogP contribution >= 0.6 is 34.8 Å². The molecule has 0 bridgehead atoms. The van der Waals surface area contributed by atoms with Gasteiger partial charge in [-0.3, -0.25) is 9.69 Å². The Balaban J connectivity index is 1.54. The highest BCUT2D eigenvalue weighted by molar-refractivity contribution is 6.76. The fraction of sp³-hybridized carbons (Fsp3) is 0.345. The molecule has 2 N–H and O–H groups in total. The lowest BCUT2D eigenvalue weighted by Gasteiger charge is -2.42. The van der Waals surface area contributed by atoms with E-state index in [0.29, 0.717) is 12.2 Å². The van der Waals surface area contributed by atoms with Gasteiger partial charge in [0.1, 0.15) is 0 Å². The van der Waals surface area contributed by atoms with Gasteiger partial charge in [0.15, 0.2) is 6.29 Å². The summed E-state index contributed by atoms with van der Waals surface area (Å²) < 4.78 is 11.0. The summed E-state index contributed by atoms with van der Waals surface area (Å²) in [6.45, 7) is 3.63. The zero-order chi connectivity index (χ0) is 27.3. The van der Waals surface area contributed by atoms with Gasteiger partial charge in [0.2, 0.25) is 0 Å². The van der Waals surface area contributed by atoms with Gasteiger partial charge in [0, 0.05) is 30.3 Å². The van der Waals surface area contributed by atoms with E-state index in [1.807, 2.05) is 54.6 Å². The van der Waals surface area contributed by atoms with Crippen LogP contribution in [0, 0.1) is 5.92 Å². The Kier molecular flexibility index (Phi) is 9.71. The number of ether oxygens (including phenoxy) is 2. The standard InChI is InChI=1S/C29H31Cl3N2O4/c1-19-25(17-34(2)16-20-6-4-3-5-7-20)37-27(38-26(19)22-10-8-21(18-35)9-11-22)23-12-14-24(15-13-23)33-28(36)29(30,31)32/h3-15,19,25-27,35H,16-18H2,1-2H3,(H,33,36). The lowest BCUT2D eigenvalue weighted by atomic mass is 9.90. The number of carbonyl (C=O) groups is 1. The van der Waals surface area contributed by atoms with Gasteiger partial charge in [-0.15, -0.1) is 0 Å². The second kappa shape index (κ2) is 12.8. The maximum absolute atomic E-state index is 12.0. The normalized spacial score (nSPS) is 21.9. The van der Waals surface area contributed by atoms with E-state index in [9.17, 15) is 9.90 Å². The highest BCUT2D eigenvalue weighted by atomic mass is 35.6. The summed E-state index contributed by atoms with van der Waals surface area (Å²) in [7, 11) is 2.08. The van der Waals surface area contributed by atoms with Crippen LogP contribution in [-0.4, -0.2) is 39.4 Å². The van der Waals surface area contributed by atoms with E-state index in [1.165, 1.54) is 5.56 Å². The monoisotopic (exact) mass is 576 g/mol. The van der Waals surface area contributed by atoms with Crippen LogP contribution in [-0.2, 0) is 27.4 Å². The third-order valence-corrected chi connectivity index (χ3v) is 7.12. The fourth-order valence-electron chi connectivity index (χ4n) is 4.52. The highest BCUT2D eigenvalue weighted by Gasteiger charge is 2.39. The largest absolute Gasteiger partial charge is 0.392 e. The quantitative estimate of drug-likeness (QED) is 0.303. The van der Waals surface area contributed by atoms with Crippen molar-refractivity contribution < 1.29 is 19.4 Å². The molecule has 4 atom stereocenters. The highest BCUT2D eigenvalue weighted by Crippen LogP contribution is 2.42. The van der Waals surface area contributed by atoms with Gasteiger partial charge >= 0.3 is 0 Å². The Morgan fingerprint density at radius 1 is 0.921 bits per heavy atom. The SMILES string of the molecule is CC1C(CN(C)Cc2ccccc2)OC(c2ccc(NC(=O)C(Cl)(Cl)Cl)cc2)OC1c1ccc(CO)cc1. The summed E-state index contributed by atoms with van der Waals surface area (Å²) in [4.78, 5) is 14.3. The summed E-state index contributed by atoms with van der Waals surface area (Å²) in [5.74, 6) is -0.672. The molecule has 0 aromatic heterocycles. The molecule has 3 aromatic rings. The molecule has 0 saturated carbocycles. The summed E-state index contributed by atoms with van der Waals surface area (Å²) in [5.41, 5.74) is 4.39. The molecule has 4 unspecified atom stereocenters. The topological polar surface area (TPSA) is 71.0 Å². The first-order chi connectivity index (χ1) is 18.1. The van der Waals surface area contributed by atoms with E-state index >= 15 is 0 Å². The van der Waals surface area contributed by atoms with Crippen LogP contribution in [0.5, 0.6) is 0 Å². The predicted molar refractivity (Wildman–Crippen MR) is 151 cm³/mol. The van der Waals surface area contributed by atoms with E-state index in [2.05, 4.69) is 36.3 Å². The van der Waals surface area contributed by atoms with Crippen molar-refractivity contribution in [1.29, 1.82) is 0 Å². The van der Waals surface area contributed by atoms with Crippen molar-refractivity contribution in [2.24, 2.45) is 5.92 Å². The van der Waals surface area contributed by atoms with Crippen molar-refractivity contribution in [3.63, 3.8) is 0 Å². The Bertz CT molecular complexity index is 1190. The lowest BCUT2D eigenvalue weighted by molar-refractivity contribution is -0.276. The number of anilines is 1. The number of carbonyl (C=O) groups excluding carboxylic acids is 1. The molecule has 0 spiro atoms. The van der Waals surface area contributed by atoms with Crippen LogP contribution < -0.4 is 5.32 Å². The van der Waals surface area contributed by atoms with Crippen LogP contribution in [0.4, 0.5) is 5.69 Å². The Labute approximate surface area is 238 Å². The Morgan fingerprint density at radius 3 is 2.16 bits per heavy atom. The molecule has 9 heteroatoms. The first-order valence-electron chi connectivity index (χ1n) is 12.3. The van der Waals surface area contributed by atoms with Gasteiger partial charge in [-0.2, -0.15) is 0 Å². The molecule has 3 aromatic carbocycles. The molecule has 6 nitrogen and oxygen atoms in total. The number of rotatable bonds is 8. The molecular weight excluding hydrogens is 547 g/mol. The smallest absolute Gasteiger partial charge is 0.276 e. The zero-order valence-electron chi connectivity index (χ0n) is 21.2. The van der Waals surface area contributed by atoms with Crippen LogP contribution in [0.1, 0.15) is 41.6 Å². The minimum Gasteiger partial charge on any atom is -0.392 e. The maximum Gasteiger partial charge on any atom is 0.276 e. The summed E-state index contributed by atoms with van der Waals surface area (Å²) in [6, 6.07) is 25.2. The van der Waals surface area contributed by atoms with E-state index in [1.54, 1.807) is 12.1 Å². The predicted octanol–water partition coefficient (Wildman–Crippen LogP) is 6.41. The average Bonchev–Trinajstić information content (AvgIpc) is 2.90. The molecule has 1 heterocycles. The van der Waals surface area contributed by atoms with Crippen LogP contribution in [0.25, 0.3) is 0 Å². The number of benzene rings is 3. The van der Waals surface area contributed by atoms with E-state index in [4.69, 9.17) is 44.3 Å². The van der Waals surface area contributed by atoms with Crippen LogP contribution in [0.2, 0.25) is 0 Å². The number of aliphatic hydroxyl groups is 1. The van der Waals surface area contributed by atoms with Gasteiger partial charge in [0.25, 0.3) is 9.70 Å². The number of likely N-dealkylation sites (N-methyl/N-ethyl adjacent to an activating group) is 1. The molecule has 1 amide bonds. The zero-order valence-corrected chi connectivity index (χ0v) is 23.5. The number of halogens is 3. The van der Waals surface area contributed by atoms with Gasteiger partial charge in [-0.25, -0.2) is 0 Å². The Morgan fingerprint density at radius 2 is 1.55 bits per heavy atom. The molecule has 0 radical (unpaired) electrons. The summed E-state index contributed by atoms with van der Waals surface area (Å²) >= 11 is 17.0. The van der Waals surface area contributed by atoms with Crippen molar-refractivity contribution in [2.45, 2.75) is 42.4 Å². The van der Waals surface area contributed by atoms with E-state index < -0.39 is 16.0 Å². The van der Waals surface area contributed by atoms with Crippen LogP contribution in [0.3, 0.4) is 0 Å². The Hall–Kier alpha value is -2.16. The molecule has 1 saturated heterocycles. The molecular formula is C29H31Cl3N2O4. The molecule has 4 rings (SSSR count). The average molecular weight is 578 g/mol. The molecule has 1 aliphatic heterocycles. The second-order valence-corrected chi connectivity index (χ2v) is 11.9. The van der Waals surface area contributed by atoms with Crippen LogP contribution in [0.15, 0.2) is 78.9 Å².